The molecule has 0 aromatic heterocycles. The summed E-state index contributed by atoms with van der Waals surface area (Å²) in [5.41, 5.74) is 0.996. The lowest BCUT2D eigenvalue weighted by atomic mass is 10.1. The van der Waals surface area contributed by atoms with Gasteiger partial charge in [-0.05, 0) is 24.3 Å². The summed E-state index contributed by atoms with van der Waals surface area (Å²) in [5.74, 6) is 0.488. The molecule has 0 aliphatic rings. The van der Waals surface area contributed by atoms with Crippen LogP contribution >= 0.6 is 0 Å². The van der Waals surface area contributed by atoms with Crippen LogP contribution in [0, 0.1) is 0 Å². The van der Waals surface area contributed by atoms with Gasteiger partial charge in [-0.1, -0.05) is 30.9 Å². The topological polar surface area (TPSA) is 67.9 Å². The van der Waals surface area contributed by atoms with Crippen molar-refractivity contribution in [1.82, 2.24) is 4.90 Å². The van der Waals surface area contributed by atoms with Crippen LogP contribution in [0.15, 0.2) is 61.2 Å². The molecule has 0 heterocycles. The summed E-state index contributed by atoms with van der Waals surface area (Å²) in [5, 5.41) is 2.75. The number of para-hydroxylation sites is 1. The average Bonchev–Trinajstić information content (AvgIpc) is 2.66. The third-order valence-electron chi connectivity index (χ3n) is 3.56. The van der Waals surface area contributed by atoms with Crippen LogP contribution in [0.2, 0.25) is 0 Å². The summed E-state index contributed by atoms with van der Waals surface area (Å²) in [4.78, 5) is 26.2. The Morgan fingerprint density at radius 3 is 2.69 bits per heavy atom. The maximum absolute atomic E-state index is 12.6. The highest BCUT2D eigenvalue weighted by atomic mass is 16.5. The zero-order valence-electron chi connectivity index (χ0n) is 14.9. The van der Waals surface area contributed by atoms with Crippen LogP contribution < -0.4 is 14.8 Å². The minimum atomic E-state index is -0.307. The first-order valence-electron chi connectivity index (χ1n) is 8.07. The molecule has 0 bridgehead atoms. The number of hydrogen-bond donors (Lipinski definition) is 1. The van der Waals surface area contributed by atoms with Gasteiger partial charge in [-0.3, -0.25) is 9.59 Å². The van der Waals surface area contributed by atoms with E-state index in [2.05, 4.69) is 11.9 Å². The van der Waals surface area contributed by atoms with E-state index in [1.54, 1.807) is 68.8 Å². The average molecular weight is 354 g/mol. The number of anilines is 1. The maximum atomic E-state index is 12.6. The maximum Gasteiger partial charge on any atom is 0.257 e. The summed E-state index contributed by atoms with van der Waals surface area (Å²) >= 11 is 0. The molecular weight excluding hydrogens is 332 g/mol. The fourth-order valence-corrected chi connectivity index (χ4v) is 2.31. The lowest BCUT2D eigenvalue weighted by molar-refractivity contribution is -0.116. The second-order valence-electron chi connectivity index (χ2n) is 5.54. The first kappa shape index (κ1) is 19.1. The number of carbonyl (C=O) groups is 2. The highest BCUT2D eigenvalue weighted by molar-refractivity contribution is 6.00. The Kier molecular flexibility index (Phi) is 6.79. The lowest BCUT2D eigenvalue weighted by Gasteiger charge is -2.18. The summed E-state index contributed by atoms with van der Waals surface area (Å²) in [6.07, 6.45) is 1.60. The molecule has 2 amide bonds. The predicted octanol–water partition coefficient (Wildman–Crippen LogP) is 2.97. The van der Waals surface area contributed by atoms with Crippen molar-refractivity contribution in [3.63, 3.8) is 0 Å². The van der Waals surface area contributed by atoms with Crippen LogP contribution in [-0.4, -0.2) is 44.0 Å². The minimum Gasteiger partial charge on any atom is -0.497 e. The van der Waals surface area contributed by atoms with Crippen LogP contribution in [-0.2, 0) is 4.79 Å². The monoisotopic (exact) mass is 354 g/mol. The van der Waals surface area contributed by atoms with E-state index < -0.39 is 0 Å². The van der Waals surface area contributed by atoms with Crippen molar-refractivity contribution < 1.29 is 19.1 Å². The van der Waals surface area contributed by atoms with E-state index in [0.29, 0.717) is 29.4 Å². The first-order chi connectivity index (χ1) is 12.5. The number of ether oxygens (including phenoxy) is 2. The van der Waals surface area contributed by atoms with E-state index in [9.17, 15) is 9.59 Å². The molecule has 0 saturated carbocycles. The molecule has 0 saturated heterocycles. The minimum absolute atomic E-state index is 0.0914. The molecule has 0 aliphatic carbocycles. The molecule has 6 nitrogen and oxygen atoms in total. The molecule has 0 radical (unpaired) electrons. The third kappa shape index (κ3) is 5.11. The second kappa shape index (κ2) is 9.27. The molecule has 0 fully saturated rings. The number of nitrogens with zero attached hydrogens (tertiary/aromatic N) is 1. The zero-order valence-corrected chi connectivity index (χ0v) is 14.9. The lowest BCUT2D eigenvalue weighted by Crippen LogP contribution is -2.35. The standard InChI is InChI=1S/C20H22N2O4/c1-4-12-26-18-11-6-5-10-17(18)20(24)22(2)14-19(23)21-15-8-7-9-16(13-15)25-3/h4-11,13H,1,12,14H2,2-3H3,(H,21,23). The number of likely N-dealkylation sites (N-methyl/N-ethyl adjacent to an activating group) is 1. The van der Waals surface area contributed by atoms with Gasteiger partial charge in [0.05, 0.1) is 19.2 Å². The fraction of sp³-hybridized carbons (Fsp3) is 0.200. The van der Waals surface area contributed by atoms with Gasteiger partial charge in [0.15, 0.2) is 0 Å². The van der Waals surface area contributed by atoms with Gasteiger partial charge in [0.25, 0.3) is 5.91 Å². The van der Waals surface area contributed by atoms with Crippen molar-refractivity contribution in [2.45, 2.75) is 0 Å². The van der Waals surface area contributed by atoms with Gasteiger partial charge < -0.3 is 19.7 Å². The van der Waals surface area contributed by atoms with Crippen molar-refractivity contribution >= 4 is 17.5 Å². The smallest absolute Gasteiger partial charge is 0.257 e. The Morgan fingerprint density at radius 1 is 1.19 bits per heavy atom. The van der Waals surface area contributed by atoms with Crippen LogP contribution in [0.25, 0.3) is 0 Å². The van der Waals surface area contributed by atoms with Gasteiger partial charge in [0.1, 0.15) is 18.1 Å². The molecule has 136 valence electrons. The normalized spacial score (nSPS) is 9.92. The quantitative estimate of drug-likeness (QED) is 0.740. The number of methoxy groups -OCH3 is 1. The van der Waals surface area contributed by atoms with Crippen LogP contribution in [0.4, 0.5) is 5.69 Å². The molecule has 0 atom stereocenters. The van der Waals surface area contributed by atoms with Gasteiger partial charge in [-0.15, -0.1) is 0 Å². The number of nitrogens with one attached hydrogen (secondary N) is 1. The Bertz CT molecular complexity index is 789. The second-order valence-corrected chi connectivity index (χ2v) is 5.54. The van der Waals surface area contributed by atoms with E-state index in [-0.39, 0.29) is 18.4 Å². The predicted molar refractivity (Wildman–Crippen MR) is 101 cm³/mol. The Balaban J connectivity index is 2.02. The zero-order chi connectivity index (χ0) is 18.9. The first-order valence-corrected chi connectivity index (χ1v) is 8.07. The highest BCUT2D eigenvalue weighted by Gasteiger charge is 2.18. The number of hydrogen-bond acceptors (Lipinski definition) is 4. The van der Waals surface area contributed by atoms with Gasteiger partial charge in [0, 0.05) is 18.8 Å². The van der Waals surface area contributed by atoms with Crippen LogP contribution in [0.3, 0.4) is 0 Å². The summed E-state index contributed by atoms with van der Waals surface area (Å²) < 4.78 is 10.6. The molecule has 6 heteroatoms. The molecule has 2 aromatic rings. The molecule has 2 rings (SSSR count). The Labute approximate surface area is 153 Å². The molecule has 0 unspecified atom stereocenters. The van der Waals surface area contributed by atoms with Gasteiger partial charge in [0.2, 0.25) is 5.91 Å². The number of carbonyl (C=O) groups excluding carboxylic acids is 2. The molecule has 26 heavy (non-hydrogen) atoms. The van der Waals surface area contributed by atoms with Crippen LogP contribution in [0.5, 0.6) is 11.5 Å². The molecule has 0 spiro atoms. The highest BCUT2D eigenvalue weighted by Crippen LogP contribution is 2.20. The van der Waals surface area contributed by atoms with E-state index >= 15 is 0 Å². The number of benzene rings is 2. The molecule has 0 aliphatic heterocycles. The number of amides is 2. The SMILES string of the molecule is C=CCOc1ccccc1C(=O)N(C)CC(=O)Nc1cccc(OC)c1. The molecule has 1 N–H and O–H groups in total. The third-order valence-corrected chi connectivity index (χ3v) is 3.56. The van der Waals surface area contributed by atoms with Crippen molar-refractivity contribution in [1.29, 1.82) is 0 Å². The molecule has 2 aromatic carbocycles. The van der Waals surface area contributed by atoms with Gasteiger partial charge in [-0.2, -0.15) is 0 Å². The van der Waals surface area contributed by atoms with E-state index in [1.165, 1.54) is 4.90 Å². The fourth-order valence-electron chi connectivity index (χ4n) is 2.31. The van der Waals surface area contributed by atoms with Crippen molar-refractivity contribution in [3.8, 4) is 11.5 Å². The number of rotatable bonds is 8. The van der Waals surface area contributed by atoms with Crippen molar-refractivity contribution in [2.75, 3.05) is 32.6 Å². The van der Waals surface area contributed by atoms with Gasteiger partial charge in [-0.25, -0.2) is 0 Å². The van der Waals surface area contributed by atoms with Gasteiger partial charge >= 0.3 is 0 Å². The van der Waals surface area contributed by atoms with Crippen molar-refractivity contribution in [2.24, 2.45) is 0 Å². The Morgan fingerprint density at radius 2 is 1.96 bits per heavy atom. The van der Waals surface area contributed by atoms with Crippen LogP contribution in [0.1, 0.15) is 10.4 Å². The largest absolute Gasteiger partial charge is 0.497 e. The summed E-state index contributed by atoms with van der Waals surface area (Å²) in [7, 11) is 3.12. The Hall–Kier alpha value is -3.28. The van der Waals surface area contributed by atoms with E-state index in [1.807, 2.05) is 0 Å². The summed E-state index contributed by atoms with van der Waals surface area (Å²) in [6, 6.07) is 13.9. The van der Waals surface area contributed by atoms with Crippen molar-refractivity contribution in [3.05, 3.63) is 66.7 Å². The van der Waals surface area contributed by atoms with E-state index in [0.717, 1.165) is 0 Å². The van der Waals surface area contributed by atoms with E-state index in [4.69, 9.17) is 9.47 Å². The molecular formula is C20H22N2O4. The summed E-state index contributed by atoms with van der Waals surface area (Å²) in [6.45, 7) is 3.80.